The van der Waals surface area contributed by atoms with E-state index in [-0.39, 0.29) is 5.76 Å². The van der Waals surface area contributed by atoms with Crippen molar-refractivity contribution >= 4 is 45.7 Å². The van der Waals surface area contributed by atoms with E-state index in [1.54, 1.807) is 0 Å². The fraction of sp³-hybridized carbons (Fsp3) is 0.227. The fourth-order valence-corrected chi connectivity index (χ4v) is 4.14. The number of hydrogen-bond donors (Lipinski definition) is 1. The molecule has 0 unspecified atom stereocenters. The van der Waals surface area contributed by atoms with Gasteiger partial charge in [0, 0.05) is 34.1 Å². The number of pyridine rings is 1. The van der Waals surface area contributed by atoms with Crippen molar-refractivity contribution in [3.05, 3.63) is 64.7 Å². The van der Waals surface area contributed by atoms with Crippen molar-refractivity contribution in [2.24, 2.45) is 0 Å². The molecular weight excluding hydrogens is 379 g/mol. The number of aliphatic hydroxyl groups excluding tert-OH is 1. The second-order valence-electron chi connectivity index (χ2n) is 6.85. The van der Waals surface area contributed by atoms with Crippen LogP contribution in [0.4, 0.5) is 5.82 Å². The predicted molar refractivity (Wildman–Crippen MR) is 115 cm³/mol. The Balaban J connectivity index is 2.08. The molecule has 1 N–H and O–H groups in total. The van der Waals surface area contributed by atoms with Crippen LogP contribution in [0.2, 0.25) is 10.0 Å². The van der Waals surface area contributed by atoms with Gasteiger partial charge in [-0.15, -0.1) is 0 Å². The molecule has 2 heterocycles. The quantitative estimate of drug-likeness (QED) is 0.496. The summed E-state index contributed by atoms with van der Waals surface area (Å²) in [7, 11) is 0. The van der Waals surface area contributed by atoms with E-state index in [0.29, 0.717) is 15.6 Å². The van der Waals surface area contributed by atoms with Gasteiger partial charge in [0.05, 0.1) is 11.1 Å². The monoisotopic (exact) mass is 398 g/mol. The van der Waals surface area contributed by atoms with Crippen LogP contribution in [0.25, 0.3) is 27.8 Å². The first-order valence-corrected chi connectivity index (χ1v) is 9.82. The molecule has 0 aliphatic carbocycles. The van der Waals surface area contributed by atoms with E-state index in [0.717, 1.165) is 53.8 Å². The summed E-state index contributed by atoms with van der Waals surface area (Å²) >= 11 is 12.5. The number of rotatable bonds is 3. The molecule has 3 nitrogen and oxygen atoms in total. The van der Waals surface area contributed by atoms with Crippen LogP contribution in [0.15, 0.2) is 49.0 Å². The molecule has 1 aliphatic heterocycles. The standard InChI is InChI=1S/C22H20Cl2N2O/c1-14(27)20-21(15-6-5-7-16(23)12-15)18-13-17(24)8-9-19(18)25-22(20)26-10-3-2-4-11-26/h5-9,12-13,27H,1-4,10-11H2. The van der Waals surface area contributed by atoms with Crippen LogP contribution in [0.1, 0.15) is 24.8 Å². The summed E-state index contributed by atoms with van der Waals surface area (Å²) in [5.74, 6) is 0.770. The minimum Gasteiger partial charge on any atom is -0.508 e. The molecule has 0 bridgehead atoms. The molecule has 0 saturated carbocycles. The Morgan fingerprint density at radius 3 is 2.44 bits per heavy atom. The van der Waals surface area contributed by atoms with E-state index in [1.165, 1.54) is 6.42 Å². The Hall–Kier alpha value is -2.23. The maximum Gasteiger partial charge on any atom is 0.140 e. The van der Waals surface area contributed by atoms with Gasteiger partial charge in [-0.1, -0.05) is 41.9 Å². The summed E-state index contributed by atoms with van der Waals surface area (Å²) in [6.07, 6.45) is 3.45. The molecule has 138 valence electrons. The normalized spacial score (nSPS) is 14.5. The SMILES string of the molecule is C=C(O)c1c(N2CCCCC2)nc2ccc(Cl)cc2c1-c1cccc(Cl)c1. The highest BCUT2D eigenvalue weighted by atomic mass is 35.5. The van der Waals surface area contributed by atoms with E-state index < -0.39 is 0 Å². The van der Waals surface area contributed by atoms with Gasteiger partial charge in [-0.25, -0.2) is 4.98 Å². The van der Waals surface area contributed by atoms with Crippen molar-refractivity contribution in [2.45, 2.75) is 19.3 Å². The Bertz CT molecular complexity index is 1030. The molecule has 27 heavy (non-hydrogen) atoms. The largest absolute Gasteiger partial charge is 0.508 e. The second kappa shape index (κ2) is 7.41. The average Bonchev–Trinajstić information content (AvgIpc) is 2.67. The van der Waals surface area contributed by atoms with E-state index in [9.17, 15) is 5.11 Å². The lowest BCUT2D eigenvalue weighted by Crippen LogP contribution is -2.31. The number of anilines is 1. The second-order valence-corrected chi connectivity index (χ2v) is 7.72. The van der Waals surface area contributed by atoms with Crippen LogP contribution in [0.3, 0.4) is 0 Å². The van der Waals surface area contributed by atoms with Crippen molar-refractivity contribution in [1.82, 2.24) is 4.98 Å². The van der Waals surface area contributed by atoms with Crippen LogP contribution in [0.5, 0.6) is 0 Å². The first-order valence-electron chi connectivity index (χ1n) is 9.07. The smallest absolute Gasteiger partial charge is 0.140 e. The lowest BCUT2D eigenvalue weighted by Gasteiger charge is -2.30. The van der Waals surface area contributed by atoms with Gasteiger partial charge in [0.25, 0.3) is 0 Å². The molecular formula is C22H20Cl2N2O. The first kappa shape index (κ1) is 18.1. The maximum atomic E-state index is 10.5. The van der Waals surface area contributed by atoms with Crippen LogP contribution in [0, 0.1) is 0 Å². The van der Waals surface area contributed by atoms with Gasteiger partial charge in [-0.05, 0) is 55.2 Å². The molecule has 0 spiro atoms. The predicted octanol–water partition coefficient (Wildman–Crippen LogP) is 6.73. The Morgan fingerprint density at radius 1 is 1.00 bits per heavy atom. The Kier molecular flexibility index (Phi) is 4.98. The van der Waals surface area contributed by atoms with Crippen molar-refractivity contribution in [3.8, 4) is 11.1 Å². The maximum absolute atomic E-state index is 10.5. The molecule has 3 aromatic rings. The molecule has 1 aliphatic rings. The Labute approximate surface area is 168 Å². The number of aliphatic hydroxyl groups is 1. The number of piperidine rings is 1. The highest BCUT2D eigenvalue weighted by molar-refractivity contribution is 6.32. The number of hydrogen-bond acceptors (Lipinski definition) is 3. The zero-order valence-electron chi connectivity index (χ0n) is 14.9. The minimum absolute atomic E-state index is 0.0000699. The van der Waals surface area contributed by atoms with Crippen LogP contribution >= 0.6 is 23.2 Å². The summed E-state index contributed by atoms with van der Waals surface area (Å²) in [6.45, 7) is 5.68. The summed E-state index contributed by atoms with van der Waals surface area (Å²) in [4.78, 5) is 7.12. The lowest BCUT2D eigenvalue weighted by atomic mass is 9.94. The van der Waals surface area contributed by atoms with E-state index in [1.807, 2.05) is 42.5 Å². The van der Waals surface area contributed by atoms with E-state index in [2.05, 4.69) is 11.5 Å². The zero-order valence-corrected chi connectivity index (χ0v) is 16.4. The molecule has 0 amide bonds. The molecule has 0 atom stereocenters. The van der Waals surface area contributed by atoms with Gasteiger partial charge in [0.15, 0.2) is 0 Å². The number of halogens is 2. The molecule has 0 radical (unpaired) electrons. The highest BCUT2D eigenvalue weighted by Crippen LogP contribution is 2.41. The van der Waals surface area contributed by atoms with E-state index >= 15 is 0 Å². The Morgan fingerprint density at radius 2 is 1.74 bits per heavy atom. The lowest BCUT2D eigenvalue weighted by molar-refractivity contribution is 0.512. The van der Waals surface area contributed by atoms with Crippen molar-refractivity contribution in [3.63, 3.8) is 0 Å². The highest BCUT2D eigenvalue weighted by Gasteiger charge is 2.24. The van der Waals surface area contributed by atoms with Crippen LogP contribution in [-0.2, 0) is 0 Å². The molecule has 4 rings (SSSR count). The van der Waals surface area contributed by atoms with Gasteiger partial charge in [0.1, 0.15) is 11.6 Å². The van der Waals surface area contributed by atoms with Crippen molar-refractivity contribution in [1.29, 1.82) is 0 Å². The number of fused-ring (bicyclic) bond motifs is 1. The van der Waals surface area contributed by atoms with Crippen molar-refractivity contribution in [2.75, 3.05) is 18.0 Å². The van der Waals surface area contributed by atoms with Crippen LogP contribution < -0.4 is 4.90 Å². The van der Waals surface area contributed by atoms with E-state index in [4.69, 9.17) is 28.2 Å². The number of benzene rings is 2. The van der Waals surface area contributed by atoms with Gasteiger partial charge in [-0.3, -0.25) is 0 Å². The third-order valence-corrected chi connectivity index (χ3v) is 5.46. The van der Waals surface area contributed by atoms with Gasteiger partial charge in [-0.2, -0.15) is 0 Å². The molecule has 5 heteroatoms. The molecule has 1 saturated heterocycles. The molecule has 2 aromatic carbocycles. The number of nitrogens with zero attached hydrogens (tertiary/aromatic N) is 2. The fourth-order valence-electron chi connectivity index (χ4n) is 3.77. The third kappa shape index (κ3) is 3.50. The van der Waals surface area contributed by atoms with Crippen LogP contribution in [-0.4, -0.2) is 23.2 Å². The van der Waals surface area contributed by atoms with Gasteiger partial charge < -0.3 is 10.0 Å². The number of aromatic nitrogens is 1. The van der Waals surface area contributed by atoms with Gasteiger partial charge in [0.2, 0.25) is 0 Å². The minimum atomic E-state index is -0.0000699. The summed E-state index contributed by atoms with van der Waals surface area (Å²) in [6, 6.07) is 13.2. The average molecular weight is 399 g/mol. The summed E-state index contributed by atoms with van der Waals surface area (Å²) in [5.41, 5.74) is 3.24. The third-order valence-electron chi connectivity index (χ3n) is 4.99. The first-order chi connectivity index (χ1) is 13.0. The zero-order chi connectivity index (χ0) is 19.0. The topological polar surface area (TPSA) is 36.4 Å². The van der Waals surface area contributed by atoms with Crippen molar-refractivity contribution < 1.29 is 5.11 Å². The summed E-state index contributed by atoms with van der Waals surface area (Å²) < 4.78 is 0. The summed E-state index contributed by atoms with van der Waals surface area (Å²) in [5, 5.41) is 12.7. The molecule has 1 aromatic heterocycles. The molecule has 1 fully saturated rings. The van der Waals surface area contributed by atoms with Gasteiger partial charge >= 0.3 is 0 Å².